The SMILES string of the molecule is CC1(C)c2ccccc2-c2c(-c3ccc4c(c3)c3ccccc3n4-c3ccccc3)nc(-n3c4cc5ccccc5cc4c4c5c6ccccc6c6ccccc6c5ccc43)nc21. The molecule has 0 radical (unpaired) electrons. The minimum atomic E-state index is -0.362. The van der Waals surface area contributed by atoms with Crippen molar-refractivity contribution >= 4 is 86.7 Å². The van der Waals surface area contributed by atoms with Crippen molar-refractivity contribution in [3.05, 3.63) is 205 Å². The third kappa shape index (κ3) is 4.64. The first kappa shape index (κ1) is 34.6. The van der Waals surface area contributed by atoms with Crippen LogP contribution in [-0.4, -0.2) is 19.1 Å². The Morgan fingerprint density at radius 2 is 1.00 bits per heavy atom. The van der Waals surface area contributed by atoms with E-state index in [-0.39, 0.29) is 5.41 Å². The van der Waals surface area contributed by atoms with E-state index < -0.39 is 0 Å². The zero-order valence-corrected chi connectivity index (χ0v) is 34.8. The molecule has 14 rings (SSSR count). The minimum Gasteiger partial charge on any atom is -0.309 e. The molecule has 0 saturated carbocycles. The van der Waals surface area contributed by atoms with Crippen molar-refractivity contribution in [2.45, 2.75) is 19.3 Å². The molecule has 1 aliphatic rings. The lowest BCUT2D eigenvalue weighted by molar-refractivity contribution is 0.632. The van der Waals surface area contributed by atoms with Crippen LogP contribution in [0.2, 0.25) is 0 Å². The van der Waals surface area contributed by atoms with Crippen LogP contribution in [0.5, 0.6) is 0 Å². The predicted molar refractivity (Wildman–Crippen MR) is 264 cm³/mol. The molecule has 0 bridgehead atoms. The van der Waals surface area contributed by atoms with Crippen LogP contribution in [-0.2, 0) is 5.41 Å². The zero-order valence-electron chi connectivity index (χ0n) is 34.8. The Kier molecular flexibility index (Phi) is 6.87. The average molecular weight is 803 g/mol. The number of rotatable bonds is 3. The third-order valence-electron chi connectivity index (χ3n) is 14.0. The van der Waals surface area contributed by atoms with Crippen molar-refractivity contribution < 1.29 is 0 Å². The molecule has 0 amide bonds. The molecule has 4 nitrogen and oxygen atoms in total. The summed E-state index contributed by atoms with van der Waals surface area (Å²) in [5.74, 6) is 0.677. The second-order valence-electron chi connectivity index (χ2n) is 17.7. The number of aromatic nitrogens is 4. The molecule has 4 heteroatoms. The zero-order chi connectivity index (χ0) is 41.6. The van der Waals surface area contributed by atoms with Crippen molar-refractivity contribution in [2.24, 2.45) is 0 Å². The molecule has 0 saturated heterocycles. The number of fused-ring (bicyclic) bond motifs is 17. The molecule has 0 atom stereocenters. The summed E-state index contributed by atoms with van der Waals surface area (Å²) in [6, 6.07) is 71.0. The summed E-state index contributed by atoms with van der Waals surface area (Å²) >= 11 is 0. The van der Waals surface area contributed by atoms with Gasteiger partial charge in [-0.3, -0.25) is 4.57 Å². The predicted octanol–water partition coefficient (Wildman–Crippen LogP) is 15.3. The number of hydrogen-bond acceptors (Lipinski definition) is 2. The van der Waals surface area contributed by atoms with E-state index in [9.17, 15) is 0 Å². The minimum absolute atomic E-state index is 0.362. The van der Waals surface area contributed by atoms with Crippen LogP contribution < -0.4 is 0 Å². The molecule has 13 aromatic rings. The number of para-hydroxylation sites is 2. The van der Waals surface area contributed by atoms with Gasteiger partial charge in [-0.2, -0.15) is 0 Å². The lowest BCUT2D eigenvalue weighted by Gasteiger charge is -2.21. The highest BCUT2D eigenvalue weighted by Crippen LogP contribution is 2.52. The van der Waals surface area contributed by atoms with Crippen molar-refractivity contribution in [1.82, 2.24) is 19.1 Å². The van der Waals surface area contributed by atoms with Crippen LogP contribution >= 0.6 is 0 Å². The van der Waals surface area contributed by atoms with Gasteiger partial charge < -0.3 is 4.57 Å². The normalized spacial score (nSPS) is 13.4. The second-order valence-corrected chi connectivity index (χ2v) is 17.7. The number of benzene rings is 10. The molecule has 294 valence electrons. The highest BCUT2D eigenvalue weighted by molar-refractivity contribution is 6.35. The Morgan fingerprint density at radius 1 is 0.397 bits per heavy atom. The van der Waals surface area contributed by atoms with E-state index in [4.69, 9.17) is 9.97 Å². The quantitative estimate of drug-likeness (QED) is 0.167. The molecule has 0 fully saturated rings. The van der Waals surface area contributed by atoms with Gasteiger partial charge in [-0.15, -0.1) is 0 Å². The molecular formula is C59H38N4. The Morgan fingerprint density at radius 3 is 1.79 bits per heavy atom. The third-order valence-corrected chi connectivity index (χ3v) is 14.0. The molecule has 0 unspecified atom stereocenters. The first-order valence-electron chi connectivity index (χ1n) is 21.8. The number of nitrogens with zero attached hydrogens (tertiary/aromatic N) is 4. The summed E-state index contributed by atoms with van der Waals surface area (Å²) in [6.45, 7) is 4.64. The van der Waals surface area contributed by atoms with E-state index in [1.807, 2.05) is 0 Å². The Labute approximate surface area is 362 Å². The van der Waals surface area contributed by atoms with Crippen LogP contribution in [0.3, 0.4) is 0 Å². The van der Waals surface area contributed by atoms with Crippen LogP contribution in [0.15, 0.2) is 194 Å². The second kappa shape index (κ2) is 12.5. The standard InChI is InChI=1S/C59H38N4/c1-59(2)48-26-14-12-25-45(48)55-56(37-28-30-50-46(33-37)42-23-13-15-27-49(42)62(50)38-18-4-3-5-19-38)60-58(61-57(55)59)63-51-31-29-44-41-22-9-8-20-39(41)40-21-10-11-24-43(40)53(44)54(51)47-32-35-16-6-7-17-36(35)34-52(47)63/h3-34H,1-2H3. The van der Waals surface area contributed by atoms with E-state index in [1.165, 1.54) is 86.8 Å². The first-order valence-corrected chi connectivity index (χ1v) is 21.8. The summed E-state index contributed by atoms with van der Waals surface area (Å²) in [6.07, 6.45) is 0. The van der Waals surface area contributed by atoms with Gasteiger partial charge in [0.25, 0.3) is 0 Å². The summed E-state index contributed by atoms with van der Waals surface area (Å²) < 4.78 is 4.73. The molecule has 3 heterocycles. The van der Waals surface area contributed by atoms with Crippen LogP contribution in [0.1, 0.15) is 25.1 Å². The molecule has 1 aliphatic carbocycles. The topological polar surface area (TPSA) is 35.6 Å². The Hall–Kier alpha value is -8.08. The summed E-state index contributed by atoms with van der Waals surface area (Å²) in [7, 11) is 0. The molecule has 63 heavy (non-hydrogen) atoms. The van der Waals surface area contributed by atoms with Gasteiger partial charge in [-0.1, -0.05) is 159 Å². The van der Waals surface area contributed by atoms with Gasteiger partial charge in [-0.05, 0) is 97.4 Å². The molecule has 10 aromatic carbocycles. The van der Waals surface area contributed by atoms with E-state index in [0.29, 0.717) is 5.95 Å². The van der Waals surface area contributed by atoms with Gasteiger partial charge in [0.05, 0.1) is 33.5 Å². The average Bonchev–Trinajstić information content (AvgIpc) is 3.93. The van der Waals surface area contributed by atoms with Crippen molar-refractivity contribution in [3.63, 3.8) is 0 Å². The summed E-state index contributed by atoms with van der Waals surface area (Å²) in [4.78, 5) is 11.5. The monoisotopic (exact) mass is 802 g/mol. The van der Waals surface area contributed by atoms with Gasteiger partial charge >= 0.3 is 0 Å². The maximum atomic E-state index is 5.79. The highest BCUT2D eigenvalue weighted by atomic mass is 15.2. The van der Waals surface area contributed by atoms with Crippen LogP contribution in [0.4, 0.5) is 0 Å². The highest BCUT2D eigenvalue weighted by Gasteiger charge is 2.40. The summed E-state index contributed by atoms with van der Waals surface area (Å²) in [5.41, 5.74) is 11.9. The van der Waals surface area contributed by atoms with Gasteiger partial charge in [0.1, 0.15) is 0 Å². The lowest BCUT2D eigenvalue weighted by Crippen LogP contribution is -2.18. The van der Waals surface area contributed by atoms with Crippen molar-refractivity contribution in [1.29, 1.82) is 0 Å². The Balaban J connectivity index is 1.13. The van der Waals surface area contributed by atoms with Gasteiger partial charge in [0, 0.05) is 49.2 Å². The summed E-state index contributed by atoms with van der Waals surface area (Å²) in [5, 5.41) is 14.8. The van der Waals surface area contributed by atoms with E-state index in [1.54, 1.807) is 0 Å². The molecule has 0 spiro atoms. The van der Waals surface area contributed by atoms with Crippen molar-refractivity contribution in [2.75, 3.05) is 0 Å². The largest absolute Gasteiger partial charge is 0.309 e. The fraction of sp³-hybridized carbons (Fsp3) is 0.0508. The molecule has 3 aromatic heterocycles. The maximum absolute atomic E-state index is 5.79. The fourth-order valence-electron chi connectivity index (χ4n) is 11.2. The molecule has 0 aliphatic heterocycles. The van der Waals surface area contributed by atoms with Gasteiger partial charge in [-0.25, -0.2) is 9.97 Å². The lowest BCUT2D eigenvalue weighted by atomic mass is 9.85. The van der Waals surface area contributed by atoms with Crippen LogP contribution in [0, 0.1) is 0 Å². The smallest absolute Gasteiger partial charge is 0.235 e. The van der Waals surface area contributed by atoms with Gasteiger partial charge in [0.15, 0.2) is 0 Å². The van der Waals surface area contributed by atoms with E-state index >= 15 is 0 Å². The van der Waals surface area contributed by atoms with Gasteiger partial charge in [0.2, 0.25) is 5.95 Å². The molecule has 0 N–H and O–H groups in total. The van der Waals surface area contributed by atoms with E-state index in [2.05, 4.69) is 217 Å². The van der Waals surface area contributed by atoms with E-state index in [0.717, 1.165) is 39.2 Å². The first-order chi connectivity index (χ1) is 31.0. The Bertz CT molecular complexity index is 4080. The maximum Gasteiger partial charge on any atom is 0.235 e. The van der Waals surface area contributed by atoms with Crippen molar-refractivity contribution in [3.8, 4) is 34.0 Å². The molecular weight excluding hydrogens is 765 g/mol. The fourth-order valence-corrected chi connectivity index (χ4v) is 11.2. The van der Waals surface area contributed by atoms with Crippen LogP contribution in [0.25, 0.3) is 121 Å². The number of hydrogen-bond donors (Lipinski definition) is 0.